The molecule has 1 nitrogen and oxygen atoms in total. The van der Waals surface area contributed by atoms with Crippen LogP contribution >= 0.6 is 7.14 Å². The van der Waals surface area contributed by atoms with Gasteiger partial charge in [-0.1, -0.05) is 36.4 Å². The fraction of sp³-hybridized carbons (Fsp3) is 0. The molecule has 16 heavy (non-hydrogen) atoms. The fourth-order valence-electron chi connectivity index (χ4n) is 2.92. The van der Waals surface area contributed by atoms with E-state index in [1.165, 1.54) is 32.5 Å². The molecular weight excluding hydrogens is 215 g/mol. The maximum Gasteiger partial charge on any atom is 0.174 e. The molecule has 2 heteroatoms. The second-order valence-electron chi connectivity index (χ2n) is 4.58. The Bertz CT molecular complexity index is 824. The van der Waals surface area contributed by atoms with Gasteiger partial charge in [-0.05, 0) is 28.0 Å². The summed E-state index contributed by atoms with van der Waals surface area (Å²) in [4.78, 5) is 0. The zero-order chi connectivity index (χ0) is 10.5. The number of fused-ring (bicyclic) bond motifs is 5. The first-order valence-corrected chi connectivity index (χ1v) is 7.13. The maximum absolute atomic E-state index is 12.1. The summed E-state index contributed by atoms with van der Waals surface area (Å²) < 4.78 is 12.1. The largest absolute Gasteiger partial charge is 0.309 e. The topological polar surface area (TPSA) is 17.1 Å². The van der Waals surface area contributed by atoms with E-state index in [9.17, 15) is 4.57 Å². The van der Waals surface area contributed by atoms with Crippen molar-refractivity contribution in [1.29, 1.82) is 0 Å². The van der Waals surface area contributed by atoms with Crippen molar-refractivity contribution in [3.8, 4) is 0 Å². The van der Waals surface area contributed by atoms with Crippen LogP contribution in [0.25, 0.3) is 22.2 Å². The van der Waals surface area contributed by atoms with Gasteiger partial charge in [0.15, 0.2) is 7.14 Å². The Balaban J connectivity index is 2.00. The minimum atomic E-state index is -1.95. The minimum absolute atomic E-state index is 1.14. The average Bonchev–Trinajstić information content (AvgIpc) is 3.16. The number of hydrogen-bond acceptors (Lipinski definition) is 1. The van der Waals surface area contributed by atoms with Crippen molar-refractivity contribution in [1.82, 2.24) is 0 Å². The molecular formula is C14H7OP. The van der Waals surface area contributed by atoms with Crippen LogP contribution in [0.5, 0.6) is 0 Å². The molecule has 0 bridgehead atoms. The molecule has 3 aliphatic heterocycles. The number of benzene rings is 2. The first kappa shape index (κ1) is 7.65. The van der Waals surface area contributed by atoms with Gasteiger partial charge >= 0.3 is 0 Å². The van der Waals surface area contributed by atoms with Gasteiger partial charge < -0.3 is 4.57 Å². The molecule has 1 atom stereocenters. The van der Waals surface area contributed by atoms with Gasteiger partial charge in [-0.15, -0.1) is 0 Å². The Morgan fingerprint density at radius 3 is 2.62 bits per heavy atom. The van der Waals surface area contributed by atoms with E-state index in [0.717, 1.165) is 5.31 Å². The van der Waals surface area contributed by atoms with Crippen LogP contribution in [-0.4, -0.2) is 0 Å². The van der Waals surface area contributed by atoms with E-state index in [4.69, 9.17) is 0 Å². The van der Waals surface area contributed by atoms with Crippen LogP contribution in [0.3, 0.4) is 0 Å². The monoisotopic (exact) mass is 222 g/mol. The molecule has 1 unspecified atom stereocenters. The summed E-state index contributed by atoms with van der Waals surface area (Å²) in [5, 5.41) is 6.05. The second-order valence-corrected chi connectivity index (χ2v) is 7.18. The lowest BCUT2D eigenvalue weighted by Gasteiger charge is -2.13. The van der Waals surface area contributed by atoms with Crippen molar-refractivity contribution in [2.45, 2.75) is 0 Å². The van der Waals surface area contributed by atoms with Gasteiger partial charge in [-0.3, -0.25) is 0 Å². The Hall–Kier alpha value is -1.59. The predicted octanol–water partition coefficient (Wildman–Crippen LogP) is 4.25. The highest BCUT2D eigenvalue weighted by Gasteiger charge is 2.72. The van der Waals surface area contributed by atoms with E-state index in [0.29, 0.717) is 0 Å². The molecule has 3 aliphatic rings. The highest BCUT2D eigenvalue weighted by molar-refractivity contribution is 8.01. The highest BCUT2D eigenvalue weighted by Crippen LogP contribution is 3.06. The predicted molar refractivity (Wildman–Crippen MR) is 66.5 cm³/mol. The summed E-state index contributed by atoms with van der Waals surface area (Å²) in [6, 6.07) is 12.6. The summed E-state index contributed by atoms with van der Waals surface area (Å²) in [6.45, 7) is 0. The van der Waals surface area contributed by atoms with Crippen LogP contribution in [0.2, 0.25) is 0 Å². The summed E-state index contributed by atoms with van der Waals surface area (Å²) in [6.07, 6.45) is 2.14. The van der Waals surface area contributed by atoms with Crippen LogP contribution in [0, 0.1) is 0 Å². The first-order chi connectivity index (χ1) is 7.82. The summed E-state index contributed by atoms with van der Waals surface area (Å²) >= 11 is 0. The van der Waals surface area contributed by atoms with E-state index in [1.54, 1.807) is 0 Å². The van der Waals surface area contributed by atoms with E-state index >= 15 is 0 Å². The molecule has 2 aromatic carbocycles. The smallest absolute Gasteiger partial charge is 0.174 e. The summed E-state index contributed by atoms with van der Waals surface area (Å²) in [5.41, 5.74) is 2.49. The van der Waals surface area contributed by atoms with Gasteiger partial charge in [0.05, 0.1) is 0 Å². The fourth-order valence-corrected chi connectivity index (χ4v) is 5.75. The lowest BCUT2D eigenvalue weighted by Crippen LogP contribution is -1.90. The maximum atomic E-state index is 12.1. The zero-order valence-corrected chi connectivity index (χ0v) is 9.29. The lowest BCUT2D eigenvalue weighted by atomic mass is 9.96. The highest BCUT2D eigenvalue weighted by atomic mass is 31.2. The molecule has 0 N–H and O–H groups in total. The number of allylic oxidation sites excluding steroid dienone is 2. The third-order valence-electron chi connectivity index (χ3n) is 3.84. The van der Waals surface area contributed by atoms with E-state index < -0.39 is 7.14 Å². The lowest BCUT2D eigenvalue weighted by molar-refractivity contribution is 0.597. The average molecular weight is 222 g/mol. The van der Waals surface area contributed by atoms with E-state index in [-0.39, 0.29) is 0 Å². The van der Waals surface area contributed by atoms with E-state index in [1.807, 2.05) is 0 Å². The normalized spacial score (nSPS) is 27.4. The van der Waals surface area contributed by atoms with Crippen molar-refractivity contribution >= 4 is 29.3 Å². The SMILES string of the molecule is O=P12C3=Cc4c(ccc5ccccc45)C1=C32. The summed E-state index contributed by atoms with van der Waals surface area (Å²) in [5.74, 6) is 0. The molecule has 74 valence electrons. The van der Waals surface area contributed by atoms with Gasteiger partial charge in [-0.25, -0.2) is 0 Å². The van der Waals surface area contributed by atoms with Gasteiger partial charge in [0.25, 0.3) is 0 Å². The Kier molecular flexibility index (Phi) is 0.940. The number of rotatable bonds is 0. The van der Waals surface area contributed by atoms with Gasteiger partial charge in [0, 0.05) is 15.9 Å². The molecule has 3 heterocycles. The van der Waals surface area contributed by atoms with Crippen molar-refractivity contribution in [2.75, 3.05) is 0 Å². The van der Waals surface area contributed by atoms with Crippen molar-refractivity contribution < 1.29 is 4.57 Å². The second kappa shape index (κ2) is 1.97. The zero-order valence-electron chi connectivity index (χ0n) is 8.40. The molecule has 2 aromatic rings. The van der Waals surface area contributed by atoms with Gasteiger partial charge in [0.1, 0.15) is 0 Å². The van der Waals surface area contributed by atoms with Gasteiger partial charge in [-0.2, -0.15) is 0 Å². The molecule has 0 aromatic heterocycles. The Labute approximate surface area is 92.5 Å². The summed E-state index contributed by atoms with van der Waals surface area (Å²) in [7, 11) is -1.95. The molecule has 5 rings (SSSR count). The minimum Gasteiger partial charge on any atom is -0.309 e. The van der Waals surface area contributed by atoms with Crippen molar-refractivity contribution in [3.05, 3.63) is 58.2 Å². The molecule has 1 saturated heterocycles. The first-order valence-electron chi connectivity index (χ1n) is 5.42. The third kappa shape index (κ3) is 0.588. The quantitative estimate of drug-likeness (QED) is 0.609. The standard InChI is InChI=1S/C14H7OP/c15-16-12-7-11-9-4-2-1-3-8(9)5-6-10(11)13(16)14(12)16/h1-7H. The molecule has 0 spiro atoms. The third-order valence-corrected chi connectivity index (χ3v) is 6.62. The molecule has 0 aliphatic carbocycles. The van der Waals surface area contributed by atoms with Crippen LogP contribution in [0.1, 0.15) is 11.1 Å². The number of hydrogen-bond donors (Lipinski definition) is 0. The Morgan fingerprint density at radius 2 is 1.75 bits per heavy atom. The molecule has 0 saturated carbocycles. The molecule has 0 amide bonds. The van der Waals surface area contributed by atoms with Crippen molar-refractivity contribution in [2.24, 2.45) is 0 Å². The van der Waals surface area contributed by atoms with Gasteiger partial charge in [0.2, 0.25) is 0 Å². The van der Waals surface area contributed by atoms with Crippen LogP contribution < -0.4 is 0 Å². The van der Waals surface area contributed by atoms with Crippen LogP contribution in [-0.2, 0) is 4.57 Å². The Morgan fingerprint density at radius 1 is 0.938 bits per heavy atom. The van der Waals surface area contributed by atoms with Crippen molar-refractivity contribution in [3.63, 3.8) is 0 Å². The van der Waals surface area contributed by atoms with E-state index in [2.05, 4.69) is 42.5 Å². The molecule has 0 radical (unpaired) electrons. The van der Waals surface area contributed by atoms with Crippen LogP contribution in [0.4, 0.5) is 0 Å². The molecule has 1 fully saturated rings. The van der Waals surface area contributed by atoms with Crippen LogP contribution in [0.15, 0.2) is 47.0 Å².